The molecule has 1 aliphatic heterocycles. The lowest BCUT2D eigenvalue weighted by atomic mass is 9.99. The van der Waals surface area contributed by atoms with Gasteiger partial charge in [0.25, 0.3) is 0 Å². The van der Waals surface area contributed by atoms with E-state index in [0.717, 1.165) is 27.8 Å². The third-order valence-electron chi connectivity index (χ3n) is 6.88. The van der Waals surface area contributed by atoms with Crippen molar-refractivity contribution in [3.05, 3.63) is 120 Å². The molecule has 39 heavy (non-hydrogen) atoms. The minimum atomic E-state index is -0.846. The molecule has 2 unspecified atom stereocenters. The van der Waals surface area contributed by atoms with Crippen LogP contribution in [0, 0.1) is 0 Å². The monoisotopic (exact) mass is 544 g/mol. The maximum Gasteiger partial charge on any atom is 0.132 e. The Hall–Kier alpha value is -2.71. The zero-order chi connectivity index (χ0) is 26.9. The summed E-state index contributed by atoms with van der Waals surface area (Å²) < 4.78 is 25.4. The SMILES string of the molecule is CCS[C@@H]1OC(COCc2ccccc2)[C@@H](OCc2ccccc2)[C@H](OCc2ccc3ccccc3c2)C1O. The third kappa shape index (κ3) is 7.48. The van der Waals surface area contributed by atoms with Crippen molar-refractivity contribution in [3.63, 3.8) is 0 Å². The van der Waals surface area contributed by atoms with Crippen molar-refractivity contribution in [1.29, 1.82) is 0 Å². The number of hydrogen-bond donors (Lipinski definition) is 1. The van der Waals surface area contributed by atoms with E-state index in [1.54, 1.807) is 11.8 Å². The van der Waals surface area contributed by atoms with E-state index in [2.05, 4.69) is 37.3 Å². The van der Waals surface area contributed by atoms with Crippen molar-refractivity contribution in [2.24, 2.45) is 0 Å². The maximum absolute atomic E-state index is 11.4. The van der Waals surface area contributed by atoms with E-state index in [-0.39, 0.29) is 0 Å². The van der Waals surface area contributed by atoms with Gasteiger partial charge in [-0.25, -0.2) is 0 Å². The van der Waals surface area contributed by atoms with Gasteiger partial charge in [0, 0.05) is 0 Å². The smallest absolute Gasteiger partial charge is 0.132 e. The molecule has 4 aromatic rings. The van der Waals surface area contributed by atoms with Gasteiger partial charge in [0.1, 0.15) is 29.9 Å². The molecule has 204 valence electrons. The molecular weight excluding hydrogens is 508 g/mol. The standard InChI is InChI=1S/C33H36O5S/c1-2-39-33-30(34)32(37-22-26-17-18-27-15-9-10-16-28(27)19-26)31(36-21-25-13-7-4-8-14-25)29(38-33)23-35-20-24-11-5-3-6-12-24/h3-19,29-34H,2,20-23H2,1H3/t29?,30?,31-,32-,33+/m1/s1. The summed E-state index contributed by atoms with van der Waals surface area (Å²) in [5, 5.41) is 13.8. The second-order valence-corrected chi connectivity index (χ2v) is 11.1. The normalized spacial score (nSPS) is 23.2. The zero-order valence-electron chi connectivity index (χ0n) is 22.2. The fourth-order valence-electron chi connectivity index (χ4n) is 4.88. The van der Waals surface area contributed by atoms with Crippen LogP contribution in [-0.2, 0) is 38.8 Å². The number of aliphatic hydroxyl groups excluding tert-OH is 1. The number of hydrogen-bond acceptors (Lipinski definition) is 6. The number of thioether (sulfide) groups is 1. The summed E-state index contributed by atoms with van der Waals surface area (Å²) in [6.45, 7) is 3.61. The summed E-state index contributed by atoms with van der Waals surface area (Å²) in [5.74, 6) is 0.812. The molecule has 0 aromatic heterocycles. The van der Waals surface area contributed by atoms with Crippen LogP contribution in [-0.4, -0.2) is 47.3 Å². The fourth-order valence-corrected chi connectivity index (χ4v) is 5.78. The van der Waals surface area contributed by atoms with Gasteiger partial charge in [0.05, 0.1) is 26.4 Å². The number of rotatable bonds is 12. The molecule has 5 atom stereocenters. The van der Waals surface area contributed by atoms with Gasteiger partial charge in [-0.3, -0.25) is 0 Å². The minimum absolute atomic E-state index is 0.331. The molecular formula is C33H36O5S. The number of fused-ring (bicyclic) bond motifs is 1. The van der Waals surface area contributed by atoms with E-state index in [1.807, 2.05) is 72.8 Å². The van der Waals surface area contributed by atoms with E-state index in [0.29, 0.717) is 26.4 Å². The summed E-state index contributed by atoms with van der Waals surface area (Å²) in [6.07, 6.45) is -2.33. The van der Waals surface area contributed by atoms with Crippen molar-refractivity contribution in [1.82, 2.24) is 0 Å². The summed E-state index contributed by atoms with van der Waals surface area (Å²) in [6, 6.07) is 34.7. The van der Waals surface area contributed by atoms with Crippen LogP contribution in [0.2, 0.25) is 0 Å². The highest BCUT2D eigenvalue weighted by Crippen LogP contribution is 2.33. The second kappa shape index (κ2) is 14.1. The van der Waals surface area contributed by atoms with Crippen molar-refractivity contribution in [3.8, 4) is 0 Å². The molecule has 0 saturated carbocycles. The molecule has 6 heteroatoms. The van der Waals surface area contributed by atoms with Crippen molar-refractivity contribution in [2.45, 2.75) is 56.6 Å². The van der Waals surface area contributed by atoms with E-state index in [1.165, 1.54) is 5.39 Å². The van der Waals surface area contributed by atoms with Gasteiger partial charge in [-0.1, -0.05) is 104 Å². The molecule has 1 saturated heterocycles. The Morgan fingerprint density at radius 3 is 2.03 bits per heavy atom. The molecule has 4 aromatic carbocycles. The Morgan fingerprint density at radius 2 is 1.31 bits per heavy atom. The van der Waals surface area contributed by atoms with Crippen LogP contribution in [0.1, 0.15) is 23.6 Å². The van der Waals surface area contributed by atoms with E-state index in [9.17, 15) is 5.11 Å². The number of ether oxygens (including phenoxy) is 4. The van der Waals surface area contributed by atoms with Crippen molar-refractivity contribution < 1.29 is 24.1 Å². The van der Waals surface area contributed by atoms with Gasteiger partial charge in [0.15, 0.2) is 0 Å². The van der Waals surface area contributed by atoms with Gasteiger partial charge in [-0.15, -0.1) is 11.8 Å². The van der Waals surface area contributed by atoms with Crippen LogP contribution in [0.5, 0.6) is 0 Å². The van der Waals surface area contributed by atoms with Gasteiger partial charge in [-0.05, 0) is 39.3 Å². The largest absolute Gasteiger partial charge is 0.387 e. The van der Waals surface area contributed by atoms with Crippen molar-refractivity contribution in [2.75, 3.05) is 12.4 Å². The molecule has 0 amide bonds. The quantitative estimate of drug-likeness (QED) is 0.224. The Kier molecular flexibility index (Phi) is 10.1. The summed E-state index contributed by atoms with van der Waals surface area (Å²) in [5.41, 5.74) is 2.76. The highest BCUT2D eigenvalue weighted by Gasteiger charge is 2.47. The molecule has 0 radical (unpaired) electrons. The second-order valence-electron chi connectivity index (χ2n) is 9.71. The van der Waals surface area contributed by atoms with E-state index < -0.39 is 29.9 Å². The van der Waals surface area contributed by atoms with E-state index >= 15 is 0 Å². The predicted octanol–water partition coefficient (Wildman–Crippen LogP) is 6.37. The fraction of sp³-hybridized carbons (Fsp3) is 0.333. The van der Waals surface area contributed by atoms with Crippen LogP contribution in [0.4, 0.5) is 0 Å². The molecule has 1 fully saturated rings. The maximum atomic E-state index is 11.4. The lowest BCUT2D eigenvalue weighted by Crippen LogP contribution is -2.59. The van der Waals surface area contributed by atoms with Gasteiger partial charge >= 0.3 is 0 Å². The van der Waals surface area contributed by atoms with Crippen LogP contribution in [0.3, 0.4) is 0 Å². The average molecular weight is 545 g/mol. The first kappa shape index (κ1) is 27.8. The summed E-state index contributed by atoms with van der Waals surface area (Å²) in [7, 11) is 0. The number of benzene rings is 4. The molecule has 1 N–H and O–H groups in total. The molecule has 0 spiro atoms. The first-order chi connectivity index (χ1) is 19.2. The molecule has 1 aliphatic rings. The highest BCUT2D eigenvalue weighted by atomic mass is 32.2. The van der Waals surface area contributed by atoms with E-state index in [4.69, 9.17) is 18.9 Å². The lowest BCUT2D eigenvalue weighted by molar-refractivity contribution is -0.243. The van der Waals surface area contributed by atoms with Gasteiger partial charge in [0.2, 0.25) is 0 Å². The Morgan fingerprint density at radius 1 is 0.692 bits per heavy atom. The zero-order valence-corrected chi connectivity index (χ0v) is 23.0. The first-order valence-corrected chi connectivity index (χ1v) is 14.6. The molecule has 5 rings (SSSR count). The summed E-state index contributed by atoms with van der Waals surface area (Å²) in [4.78, 5) is 0. The van der Waals surface area contributed by atoms with Gasteiger partial charge in [-0.2, -0.15) is 0 Å². The lowest BCUT2D eigenvalue weighted by Gasteiger charge is -2.44. The predicted molar refractivity (Wildman–Crippen MR) is 156 cm³/mol. The average Bonchev–Trinajstić information content (AvgIpc) is 2.98. The topological polar surface area (TPSA) is 57.2 Å². The summed E-state index contributed by atoms with van der Waals surface area (Å²) >= 11 is 1.57. The third-order valence-corrected chi connectivity index (χ3v) is 7.93. The Bertz CT molecular complexity index is 1290. The number of aliphatic hydroxyl groups is 1. The van der Waals surface area contributed by atoms with Crippen molar-refractivity contribution >= 4 is 22.5 Å². The molecule has 0 bridgehead atoms. The van der Waals surface area contributed by atoms with Crippen LogP contribution < -0.4 is 0 Å². The molecule has 5 nitrogen and oxygen atoms in total. The minimum Gasteiger partial charge on any atom is -0.387 e. The van der Waals surface area contributed by atoms with Crippen LogP contribution >= 0.6 is 11.8 Å². The van der Waals surface area contributed by atoms with Crippen LogP contribution in [0.25, 0.3) is 10.8 Å². The highest BCUT2D eigenvalue weighted by molar-refractivity contribution is 7.99. The Balaban J connectivity index is 1.34. The first-order valence-electron chi connectivity index (χ1n) is 13.5. The molecule has 1 heterocycles. The molecule has 0 aliphatic carbocycles. The van der Waals surface area contributed by atoms with Crippen LogP contribution in [0.15, 0.2) is 103 Å². The Labute approximate surface area is 235 Å². The van der Waals surface area contributed by atoms with Gasteiger partial charge < -0.3 is 24.1 Å².